The van der Waals surface area contributed by atoms with Crippen molar-refractivity contribution in [1.82, 2.24) is 9.88 Å². The number of aromatic nitrogens is 1. The van der Waals surface area contributed by atoms with Gasteiger partial charge in [-0.05, 0) is 69.5 Å². The van der Waals surface area contributed by atoms with Crippen LogP contribution in [0.5, 0.6) is 0 Å². The van der Waals surface area contributed by atoms with Crippen LogP contribution in [-0.2, 0) is 0 Å². The Morgan fingerprint density at radius 2 is 1.88 bits per heavy atom. The van der Waals surface area contributed by atoms with Crippen molar-refractivity contribution >= 4 is 44.2 Å². The van der Waals surface area contributed by atoms with Gasteiger partial charge in [0.2, 0.25) is 0 Å². The second-order valence-corrected chi connectivity index (χ2v) is 7.67. The molecular formula is C19H19ClFN3OS. The average Bonchev–Trinajstić information content (AvgIpc) is 3.01. The predicted molar refractivity (Wildman–Crippen MR) is 106 cm³/mol. The van der Waals surface area contributed by atoms with E-state index in [0.717, 1.165) is 23.2 Å². The minimum absolute atomic E-state index is 0.186. The molecule has 0 aliphatic rings. The number of hydrogen-bond donors (Lipinski definition) is 0. The Morgan fingerprint density at radius 1 is 1.15 bits per heavy atom. The number of fused-ring (bicyclic) bond motifs is 1. The standard InChI is InChI=1S/C19H19ClFN3OS/c1-23(2)10-3-11-24(18(25)13-4-7-15(21)8-5-13)19-22-16-9-6-14(20)12-17(16)26-19/h4-9,12H,3,10-11H2,1-2H3. The van der Waals surface area contributed by atoms with E-state index < -0.39 is 0 Å². The number of anilines is 1. The molecule has 0 radical (unpaired) electrons. The molecule has 0 N–H and O–H groups in total. The number of hydrogen-bond acceptors (Lipinski definition) is 4. The van der Waals surface area contributed by atoms with Gasteiger partial charge in [-0.1, -0.05) is 22.9 Å². The number of nitrogens with zero attached hydrogens (tertiary/aromatic N) is 3. The van der Waals surface area contributed by atoms with Gasteiger partial charge in [0, 0.05) is 17.1 Å². The summed E-state index contributed by atoms with van der Waals surface area (Å²) < 4.78 is 14.1. The molecule has 4 nitrogen and oxygen atoms in total. The fraction of sp³-hybridized carbons (Fsp3) is 0.263. The van der Waals surface area contributed by atoms with Crippen molar-refractivity contribution in [1.29, 1.82) is 0 Å². The molecule has 3 aromatic rings. The van der Waals surface area contributed by atoms with Crippen molar-refractivity contribution in [2.45, 2.75) is 6.42 Å². The topological polar surface area (TPSA) is 36.4 Å². The van der Waals surface area contributed by atoms with E-state index in [-0.39, 0.29) is 11.7 Å². The summed E-state index contributed by atoms with van der Waals surface area (Å²) in [5, 5.41) is 1.26. The molecule has 1 aromatic heterocycles. The van der Waals surface area contributed by atoms with Crippen LogP contribution in [-0.4, -0.2) is 43.0 Å². The monoisotopic (exact) mass is 391 g/mol. The summed E-state index contributed by atoms with van der Waals surface area (Å²) >= 11 is 7.48. The molecule has 0 bridgehead atoms. The Labute approximate surface area is 160 Å². The molecule has 0 atom stereocenters. The first-order chi connectivity index (χ1) is 12.4. The lowest BCUT2D eigenvalue weighted by molar-refractivity contribution is 0.0986. The molecule has 0 unspecified atom stereocenters. The highest BCUT2D eigenvalue weighted by molar-refractivity contribution is 7.22. The molecule has 136 valence electrons. The highest BCUT2D eigenvalue weighted by atomic mass is 35.5. The molecule has 1 heterocycles. The number of carbonyl (C=O) groups is 1. The largest absolute Gasteiger partial charge is 0.309 e. The third kappa shape index (κ3) is 4.38. The van der Waals surface area contributed by atoms with E-state index in [1.54, 1.807) is 11.0 Å². The zero-order valence-corrected chi connectivity index (χ0v) is 16.1. The van der Waals surface area contributed by atoms with Gasteiger partial charge < -0.3 is 4.90 Å². The van der Waals surface area contributed by atoms with Crippen molar-refractivity contribution < 1.29 is 9.18 Å². The Balaban J connectivity index is 1.92. The number of thiazole rings is 1. The number of amides is 1. The molecule has 0 aliphatic heterocycles. The molecule has 0 fully saturated rings. The zero-order chi connectivity index (χ0) is 18.7. The first-order valence-corrected chi connectivity index (χ1v) is 9.42. The summed E-state index contributed by atoms with van der Waals surface area (Å²) in [7, 11) is 3.98. The molecule has 0 saturated carbocycles. The van der Waals surface area contributed by atoms with Gasteiger partial charge in [-0.3, -0.25) is 9.69 Å². The molecule has 2 aromatic carbocycles. The fourth-order valence-corrected chi connectivity index (χ4v) is 3.85. The van der Waals surface area contributed by atoms with Crippen molar-refractivity contribution in [3.63, 3.8) is 0 Å². The highest BCUT2D eigenvalue weighted by Gasteiger charge is 2.21. The third-order valence-corrected chi connectivity index (χ3v) is 5.17. The molecule has 1 amide bonds. The average molecular weight is 392 g/mol. The summed E-state index contributed by atoms with van der Waals surface area (Å²) in [5.74, 6) is -0.552. The second kappa shape index (κ2) is 8.12. The lowest BCUT2D eigenvalue weighted by Crippen LogP contribution is -2.33. The van der Waals surface area contributed by atoms with Gasteiger partial charge in [-0.2, -0.15) is 0 Å². The van der Waals surface area contributed by atoms with E-state index in [4.69, 9.17) is 11.6 Å². The summed E-state index contributed by atoms with van der Waals surface area (Å²) in [6.07, 6.45) is 0.802. The smallest absolute Gasteiger partial charge is 0.260 e. The lowest BCUT2D eigenvalue weighted by atomic mass is 10.2. The van der Waals surface area contributed by atoms with E-state index in [0.29, 0.717) is 22.3 Å². The normalized spacial score (nSPS) is 11.3. The summed E-state index contributed by atoms with van der Waals surface area (Å²) in [6.45, 7) is 1.38. The van der Waals surface area contributed by atoms with E-state index in [1.807, 2.05) is 26.2 Å². The summed E-state index contributed by atoms with van der Waals surface area (Å²) in [6, 6.07) is 11.1. The number of benzene rings is 2. The second-order valence-electron chi connectivity index (χ2n) is 6.23. The molecule has 3 rings (SSSR count). The summed E-state index contributed by atoms with van der Waals surface area (Å²) in [4.78, 5) is 21.3. The van der Waals surface area contributed by atoms with E-state index >= 15 is 0 Å². The van der Waals surface area contributed by atoms with Gasteiger partial charge in [0.25, 0.3) is 5.91 Å². The SMILES string of the molecule is CN(C)CCCN(C(=O)c1ccc(F)cc1)c1nc2ccc(Cl)cc2s1. The first kappa shape index (κ1) is 18.8. The fourth-order valence-electron chi connectivity index (χ4n) is 2.58. The maximum absolute atomic E-state index is 13.2. The minimum Gasteiger partial charge on any atom is -0.309 e. The number of carbonyl (C=O) groups excluding carboxylic acids is 1. The van der Waals surface area contributed by atoms with Crippen LogP contribution in [0.1, 0.15) is 16.8 Å². The van der Waals surface area contributed by atoms with Crippen LogP contribution in [0, 0.1) is 5.82 Å². The van der Waals surface area contributed by atoms with Gasteiger partial charge in [-0.15, -0.1) is 0 Å². The molecule has 0 spiro atoms. The molecule has 26 heavy (non-hydrogen) atoms. The van der Waals surface area contributed by atoms with Gasteiger partial charge in [-0.25, -0.2) is 9.37 Å². The van der Waals surface area contributed by atoms with Gasteiger partial charge in [0.1, 0.15) is 5.82 Å². The van der Waals surface area contributed by atoms with Crippen LogP contribution < -0.4 is 4.90 Å². The maximum atomic E-state index is 13.2. The van der Waals surface area contributed by atoms with Crippen molar-refractivity contribution in [3.8, 4) is 0 Å². The van der Waals surface area contributed by atoms with Gasteiger partial charge in [0.15, 0.2) is 5.13 Å². The number of halogens is 2. The highest BCUT2D eigenvalue weighted by Crippen LogP contribution is 2.31. The minimum atomic E-state index is -0.365. The molecular weight excluding hydrogens is 373 g/mol. The Morgan fingerprint density at radius 3 is 2.58 bits per heavy atom. The van der Waals surface area contributed by atoms with E-state index in [2.05, 4.69) is 9.88 Å². The Kier molecular flexibility index (Phi) is 5.86. The maximum Gasteiger partial charge on any atom is 0.260 e. The van der Waals surface area contributed by atoms with Crippen LogP contribution in [0.25, 0.3) is 10.2 Å². The summed E-state index contributed by atoms with van der Waals surface area (Å²) in [5.41, 5.74) is 1.24. The van der Waals surface area contributed by atoms with Crippen LogP contribution in [0.3, 0.4) is 0 Å². The van der Waals surface area contributed by atoms with E-state index in [9.17, 15) is 9.18 Å². The quantitative estimate of drug-likeness (QED) is 0.611. The van der Waals surface area contributed by atoms with Crippen LogP contribution in [0.15, 0.2) is 42.5 Å². The first-order valence-electron chi connectivity index (χ1n) is 8.22. The van der Waals surface area contributed by atoms with Gasteiger partial charge >= 0.3 is 0 Å². The predicted octanol–water partition coefficient (Wildman–Crippen LogP) is 4.69. The molecule has 7 heteroatoms. The Bertz CT molecular complexity index is 911. The number of rotatable bonds is 6. The third-order valence-electron chi connectivity index (χ3n) is 3.89. The Hall–Kier alpha value is -2.02. The van der Waals surface area contributed by atoms with E-state index in [1.165, 1.54) is 35.6 Å². The molecule has 0 saturated heterocycles. The van der Waals surface area contributed by atoms with Crippen LogP contribution >= 0.6 is 22.9 Å². The molecule has 0 aliphatic carbocycles. The van der Waals surface area contributed by atoms with Crippen LogP contribution in [0.4, 0.5) is 9.52 Å². The van der Waals surface area contributed by atoms with Crippen molar-refractivity contribution in [3.05, 3.63) is 58.9 Å². The van der Waals surface area contributed by atoms with Crippen molar-refractivity contribution in [2.24, 2.45) is 0 Å². The van der Waals surface area contributed by atoms with Crippen LogP contribution in [0.2, 0.25) is 5.02 Å². The lowest BCUT2D eigenvalue weighted by Gasteiger charge is -2.21. The van der Waals surface area contributed by atoms with Gasteiger partial charge in [0.05, 0.1) is 10.2 Å². The zero-order valence-electron chi connectivity index (χ0n) is 14.6. The van der Waals surface area contributed by atoms with Crippen molar-refractivity contribution in [2.75, 3.05) is 32.1 Å².